The SMILES string of the molecule is CC(C)[C@H](NC(=O)c1cccc(N(C)C)c1)c1nc(C2CC2)no1. The second-order valence-corrected chi connectivity index (χ2v) is 6.90. The minimum Gasteiger partial charge on any atom is -0.378 e. The maximum Gasteiger partial charge on any atom is 0.252 e. The molecule has 3 rings (SSSR count). The minimum absolute atomic E-state index is 0.136. The third-order valence-corrected chi connectivity index (χ3v) is 4.24. The van der Waals surface area contributed by atoms with Gasteiger partial charge in [0, 0.05) is 31.3 Å². The van der Waals surface area contributed by atoms with Gasteiger partial charge in [-0.2, -0.15) is 4.98 Å². The molecule has 1 amide bonds. The van der Waals surface area contributed by atoms with E-state index >= 15 is 0 Å². The number of anilines is 1. The number of amides is 1. The van der Waals surface area contributed by atoms with Crippen LogP contribution in [0.1, 0.15) is 60.7 Å². The average molecular weight is 328 g/mol. The highest BCUT2D eigenvalue weighted by Crippen LogP contribution is 2.38. The van der Waals surface area contributed by atoms with Gasteiger partial charge in [0.15, 0.2) is 5.82 Å². The van der Waals surface area contributed by atoms with Gasteiger partial charge in [-0.3, -0.25) is 4.79 Å². The molecular weight excluding hydrogens is 304 g/mol. The van der Waals surface area contributed by atoms with E-state index in [0.717, 1.165) is 24.4 Å². The van der Waals surface area contributed by atoms with Crippen molar-refractivity contribution in [3.8, 4) is 0 Å². The van der Waals surface area contributed by atoms with Crippen LogP contribution in [0.15, 0.2) is 28.8 Å². The molecule has 128 valence electrons. The van der Waals surface area contributed by atoms with Crippen molar-refractivity contribution in [2.24, 2.45) is 5.92 Å². The number of hydrogen-bond acceptors (Lipinski definition) is 5. The molecule has 0 aliphatic heterocycles. The van der Waals surface area contributed by atoms with Gasteiger partial charge in [0.2, 0.25) is 5.89 Å². The van der Waals surface area contributed by atoms with Crippen LogP contribution in [0.2, 0.25) is 0 Å². The average Bonchev–Trinajstić information content (AvgIpc) is 3.30. The van der Waals surface area contributed by atoms with Crippen LogP contribution in [-0.2, 0) is 0 Å². The Morgan fingerprint density at radius 1 is 1.33 bits per heavy atom. The van der Waals surface area contributed by atoms with Crippen LogP contribution in [-0.4, -0.2) is 30.1 Å². The number of hydrogen-bond donors (Lipinski definition) is 1. The zero-order valence-corrected chi connectivity index (χ0v) is 14.6. The Morgan fingerprint density at radius 3 is 2.71 bits per heavy atom. The third-order valence-electron chi connectivity index (χ3n) is 4.24. The molecule has 2 aromatic rings. The van der Waals surface area contributed by atoms with Crippen LogP contribution in [0.5, 0.6) is 0 Å². The quantitative estimate of drug-likeness (QED) is 0.882. The molecule has 1 aromatic carbocycles. The van der Waals surface area contributed by atoms with Crippen LogP contribution in [0.4, 0.5) is 5.69 Å². The molecule has 0 unspecified atom stereocenters. The van der Waals surface area contributed by atoms with Crippen LogP contribution in [0.3, 0.4) is 0 Å². The van der Waals surface area contributed by atoms with Crippen molar-refractivity contribution in [2.45, 2.75) is 38.6 Å². The first-order chi connectivity index (χ1) is 11.5. The molecule has 1 aliphatic rings. The van der Waals surface area contributed by atoms with E-state index in [2.05, 4.69) is 15.5 Å². The lowest BCUT2D eigenvalue weighted by Gasteiger charge is -2.19. The van der Waals surface area contributed by atoms with Gasteiger partial charge < -0.3 is 14.7 Å². The lowest BCUT2D eigenvalue weighted by molar-refractivity contribution is 0.0914. The predicted molar refractivity (Wildman–Crippen MR) is 92.1 cm³/mol. The fourth-order valence-electron chi connectivity index (χ4n) is 2.54. The number of nitrogens with one attached hydrogen (secondary N) is 1. The zero-order chi connectivity index (χ0) is 17.3. The number of carbonyl (C=O) groups excluding carboxylic acids is 1. The molecule has 1 N–H and O–H groups in total. The first-order valence-electron chi connectivity index (χ1n) is 8.37. The van der Waals surface area contributed by atoms with Gasteiger partial charge in [-0.05, 0) is 37.0 Å². The summed E-state index contributed by atoms with van der Waals surface area (Å²) >= 11 is 0. The second kappa shape index (κ2) is 6.63. The Kier molecular flexibility index (Phi) is 4.55. The maximum atomic E-state index is 12.6. The number of nitrogens with zero attached hydrogens (tertiary/aromatic N) is 3. The summed E-state index contributed by atoms with van der Waals surface area (Å²) in [5.74, 6) is 1.70. The highest BCUT2D eigenvalue weighted by Gasteiger charge is 2.31. The van der Waals surface area contributed by atoms with Crippen LogP contribution in [0, 0.1) is 5.92 Å². The monoisotopic (exact) mass is 328 g/mol. The topological polar surface area (TPSA) is 71.3 Å². The lowest BCUT2D eigenvalue weighted by atomic mass is 10.0. The summed E-state index contributed by atoms with van der Waals surface area (Å²) in [6.07, 6.45) is 2.24. The van der Waals surface area contributed by atoms with Gasteiger partial charge in [0.1, 0.15) is 6.04 Å². The van der Waals surface area contributed by atoms with E-state index in [0.29, 0.717) is 17.4 Å². The van der Waals surface area contributed by atoms with E-state index in [1.807, 2.05) is 57.1 Å². The molecule has 1 atom stereocenters. The van der Waals surface area contributed by atoms with Gasteiger partial charge in [-0.15, -0.1) is 0 Å². The van der Waals surface area contributed by atoms with Gasteiger partial charge in [-0.1, -0.05) is 25.1 Å². The Hall–Kier alpha value is -2.37. The molecule has 1 heterocycles. The van der Waals surface area contributed by atoms with Crippen molar-refractivity contribution in [1.82, 2.24) is 15.5 Å². The second-order valence-electron chi connectivity index (χ2n) is 6.90. The summed E-state index contributed by atoms with van der Waals surface area (Å²) < 4.78 is 5.40. The minimum atomic E-state index is -0.291. The first kappa shape index (κ1) is 16.5. The van der Waals surface area contributed by atoms with Crippen molar-refractivity contribution in [1.29, 1.82) is 0 Å². The molecule has 0 bridgehead atoms. The Balaban J connectivity index is 1.77. The fourth-order valence-corrected chi connectivity index (χ4v) is 2.54. The molecule has 24 heavy (non-hydrogen) atoms. The van der Waals surface area contributed by atoms with E-state index in [1.165, 1.54) is 0 Å². The summed E-state index contributed by atoms with van der Waals surface area (Å²) in [5.41, 5.74) is 1.60. The summed E-state index contributed by atoms with van der Waals surface area (Å²) in [5, 5.41) is 7.09. The number of benzene rings is 1. The van der Waals surface area contributed by atoms with Crippen molar-refractivity contribution in [3.63, 3.8) is 0 Å². The molecule has 0 radical (unpaired) electrons. The van der Waals surface area contributed by atoms with Crippen molar-refractivity contribution < 1.29 is 9.32 Å². The van der Waals surface area contributed by atoms with Crippen LogP contribution in [0.25, 0.3) is 0 Å². The van der Waals surface area contributed by atoms with Crippen LogP contribution >= 0.6 is 0 Å². The molecule has 0 spiro atoms. The standard InChI is InChI=1S/C18H24N4O2/c1-11(2)15(18-20-16(21-24-18)12-8-9-12)19-17(23)13-6-5-7-14(10-13)22(3)4/h5-7,10-12,15H,8-9H2,1-4H3,(H,19,23)/t15-/m0/s1. The normalized spacial score (nSPS) is 15.4. The van der Waals surface area contributed by atoms with E-state index in [9.17, 15) is 4.79 Å². The Labute approximate surface area is 142 Å². The number of rotatable bonds is 6. The molecule has 1 fully saturated rings. The lowest BCUT2D eigenvalue weighted by Crippen LogP contribution is -2.32. The summed E-state index contributed by atoms with van der Waals surface area (Å²) in [6, 6.07) is 7.24. The molecule has 6 heteroatoms. The van der Waals surface area contributed by atoms with Gasteiger partial charge in [0.25, 0.3) is 5.91 Å². The first-order valence-corrected chi connectivity index (χ1v) is 8.37. The number of aromatic nitrogens is 2. The van der Waals surface area contributed by atoms with E-state index < -0.39 is 0 Å². The molecule has 1 aromatic heterocycles. The van der Waals surface area contributed by atoms with Crippen LogP contribution < -0.4 is 10.2 Å². The largest absolute Gasteiger partial charge is 0.378 e. The van der Waals surface area contributed by atoms with Crippen molar-refractivity contribution >= 4 is 11.6 Å². The maximum absolute atomic E-state index is 12.6. The summed E-state index contributed by atoms with van der Waals surface area (Å²) in [4.78, 5) is 19.1. The fraction of sp³-hybridized carbons (Fsp3) is 0.500. The van der Waals surface area contributed by atoms with E-state index in [4.69, 9.17) is 4.52 Å². The zero-order valence-electron chi connectivity index (χ0n) is 14.6. The van der Waals surface area contributed by atoms with Gasteiger partial charge in [0.05, 0.1) is 0 Å². The van der Waals surface area contributed by atoms with Gasteiger partial charge in [-0.25, -0.2) is 0 Å². The van der Waals surface area contributed by atoms with Crippen molar-refractivity contribution in [2.75, 3.05) is 19.0 Å². The van der Waals surface area contributed by atoms with Crippen molar-refractivity contribution in [3.05, 3.63) is 41.5 Å². The molecule has 0 saturated heterocycles. The predicted octanol–water partition coefficient (Wildman–Crippen LogP) is 3.14. The molecule has 6 nitrogen and oxygen atoms in total. The molecule has 1 saturated carbocycles. The van der Waals surface area contributed by atoms with E-state index in [1.54, 1.807) is 0 Å². The summed E-state index contributed by atoms with van der Waals surface area (Å²) in [6.45, 7) is 4.06. The highest BCUT2D eigenvalue weighted by molar-refractivity contribution is 5.95. The Morgan fingerprint density at radius 2 is 2.08 bits per heavy atom. The van der Waals surface area contributed by atoms with E-state index in [-0.39, 0.29) is 17.9 Å². The summed E-state index contributed by atoms with van der Waals surface area (Å²) in [7, 11) is 3.90. The molecule has 1 aliphatic carbocycles. The van der Waals surface area contributed by atoms with Gasteiger partial charge >= 0.3 is 0 Å². The molecular formula is C18H24N4O2. The third kappa shape index (κ3) is 3.58. The highest BCUT2D eigenvalue weighted by atomic mass is 16.5. The number of carbonyl (C=O) groups is 1. The Bertz CT molecular complexity index is 719. The smallest absolute Gasteiger partial charge is 0.252 e.